The van der Waals surface area contributed by atoms with Gasteiger partial charge in [0.15, 0.2) is 0 Å². The highest BCUT2D eigenvalue weighted by atomic mass is 79.9. The number of halogens is 2. The molecule has 0 spiro atoms. The molecule has 0 radical (unpaired) electrons. The predicted octanol–water partition coefficient (Wildman–Crippen LogP) is 3.85. The van der Waals surface area contributed by atoms with Crippen molar-refractivity contribution in [3.05, 3.63) is 19.2 Å². The van der Waals surface area contributed by atoms with Gasteiger partial charge in [-0.05, 0) is 50.8 Å². The molecule has 100 valence electrons. The highest BCUT2D eigenvalue weighted by Gasteiger charge is 2.32. The van der Waals surface area contributed by atoms with Gasteiger partial charge in [0.05, 0.1) is 19.2 Å². The van der Waals surface area contributed by atoms with Crippen LogP contribution in [0.25, 0.3) is 0 Å². The first kappa shape index (κ1) is 16.1. The zero-order chi connectivity index (χ0) is 13.9. The topological polar surface area (TPSA) is 55.1 Å². The molecule has 0 unspecified atom stereocenters. The normalized spacial score (nSPS) is 11.3. The van der Waals surface area contributed by atoms with Crippen LogP contribution in [-0.2, 0) is 0 Å². The maximum absolute atomic E-state index is 12.2. The molecule has 1 rings (SSSR count). The third kappa shape index (κ3) is 3.31. The molecule has 0 fully saturated rings. The fraction of sp³-hybridized carbons (Fsp3) is 0.455. The number of nitrogens with one attached hydrogen (secondary N) is 1. The minimum atomic E-state index is -0.602. The Bertz CT molecular complexity index is 450. The summed E-state index contributed by atoms with van der Waals surface area (Å²) in [5.74, 6) is -0.150. The molecule has 0 aliphatic heterocycles. The van der Waals surface area contributed by atoms with Gasteiger partial charge in [0.25, 0.3) is 5.91 Å². The van der Waals surface area contributed by atoms with Crippen LogP contribution < -0.4 is 11.1 Å². The second-order valence-electron chi connectivity index (χ2n) is 3.84. The lowest BCUT2D eigenvalue weighted by molar-refractivity contribution is 0.0924. The van der Waals surface area contributed by atoms with Crippen molar-refractivity contribution >= 4 is 66.3 Å². The number of carbonyl (C=O) groups is 1. The van der Waals surface area contributed by atoms with Crippen LogP contribution in [0.3, 0.4) is 0 Å². The largest absolute Gasteiger partial charge is 0.391 e. The van der Waals surface area contributed by atoms with Crippen molar-refractivity contribution in [3.8, 4) is 0 Å². The first-order chi connectivity index (χ1) is 8.36. The van der Waals surface area contributed by atoms with Gasteiger partial charge in [-0.25, -0.2) is 0 Å². The monoisotopic (exact) mass is 412 g/mol. The van der Waals surface area contributed by atoms with E-state index in [0.717, 1.165) is 8.26 Å². The second-order valence-corrected chi connectivity index (χ2v) is 7.50. The van der Waals surface area contributed by atoms with Gasteiger partial charge in [0, 0.05) is 4.47 Å². The number of amides is 1. The highest BCUT2D eigenvalue weighted by Crippen LogP contribution is 2.32. The first-order valence-corrected chi connectivity index (χ1v) is 8.24. The van der Waals surface area contributed by atoms with Gasteiger partial charge >= 0.3 is 0 Å². The summed E-state index contributed by atoms with van der Waals surface area (Å²) in [4.78, 5) is 13.1. The summed E-state index contributed by atoms with van der Waals surface area (Å²) in [6.07, 6.45) is 1.36. The molecule has 0 saturated heterocycles. The Balaban J connectivity index is 2.95. The Morgan fingerprint density at radius 2 is 2.06 bits per heavy atom. The predicted molar refractivity (Wildman–Crippen MR) is 87.3 cm³/mol. The van der Waals surface area contributed by atoms with E-state index in [1.54, 1.807) is 6.07 Å². The number of thiocarbonyl (C=S) groups is 1. The van der Waals surface area contributed by atoms with E-state index < -0.39 is 5.54 Å². The molecule has 18 heavy (non-hydrogen) atoms. The van der Waals surface area contributed by atoms with E-state index >= 15 is 0 Å². The molecular weight excluding hydrogens is 400 g/mol. The molecule has 0 aromatic carbocycles. The maximum Gasteiger partial charge on any atom is 0.262 e. The summed E-state index contributed by atoms with van der Waals surface area (Å²) < 4.78 is 1.76. The zero-order valence-electron chi connectivity index (χ0n) is 10.0. The fourth-order valence-corrected chi connectivity index (χ4v) is 3.84. The van der Waals surface area contributed by atoms with Gasteiger partial charge in [0.2, 0.25) is 0 Å². The van der Waals surface area contributed by atoms with Crippen molar-refractivity contribution in [1.82, 2.24) is 5.32 Å². The number of thiophene rings is 1. The first-order valence-electron chi connectivity index (χ1n) is 5.43. The number of rotatable bonds is 5. The van der Waals surface area contributed by atoms with Crippen molar-refractivity contribution in [1.29, 1.82) is 0 Å². The van der Waals surface area contributed by atoms with Crippen molar-refractivity contribution < 1.29 is 4.79 Å². The number of carbonyl (C=O) groups excluding carboxylic acids is 1. The average molecular weight is 414 g/mol. The molecule has 1 aromatic rings. The van der Waals surface area contributed by atoms with Crippen LogP contribution in [0.2, 0.25) is 0 Å². The molecule has 3 N–H and O–H groups in total. The number of nitrogens with two attached hydrogens (primary N) is 1. The Hall–Kier alpha value is 0.0200. The molecule has 7 heteroatoms. The lowest BCUT2D eigenvalue weighted by atomic mass is 9.92. The van der Waals surface area contributed by atoms with Crippen LogP contribution in [0.4, 0.5) is 0 Å². The highest BCUT2D eigenvalue weighted by molar-refractivity contribution is 9.13. The molecule has 1 aromatic heterocycles. The maximum atomic E-state index is 12.2. The summed E-state index contributed by atoms with van der Waals surface area (Å²) >= 11 is 13.2. The summed E-state index contributed by atoms with van der Waals surface area (Å²) in [5, 5.41) is 2.95. The van der Waals surface area contributed by atoms with E-state index in [2.05, 4.69) is 37.2 Å². The Kier molecular flexibility index (Phi) is 5.76. The summed E-state index contributed by atoms with van der Waals surface area (Å²) in [7, 11) is 0. The van der Waals surface area contributed by atoms with Crippen LogP contribution in [0.15, 0.2) is 14.3 Å². The van der Waals surface area contributed by atoms with E-state index in [0.29, 0.717) is 22.7 Å². The van der Waals surface area contributed by atoms with Crippen molar-refractivity contribution in [3.63, 3.8) is 0 Å². The summed E-state index contributed by atoms with van der Waals surface area (Å²) in [6.45, 7) is 3.92. The van der Waals surface area contributed by atoms with Crippen LogP contribution in [0, 0.1) is 0 Å². The number of hydrogen-bond acceptors (Lipinski definition) is 3. The van der Waals surface area contributed by atoms with Gasteiger partial charge in [-0.1, -0.05) is 26.1 Å². The van der Waals surface area contributed by atoms with Gasteiger partial charge in [0.1, 0.15) is 0 Å². The van der Waals surface area contributed by atoms with E-state index in [-0.39, 0.29) is 5.91 Å². The molecule has 0 bridgehead atoms. The summed E-state index contributed by atoms with van der Waals surface area (Å²) in [6, 6.07) is 1.78. The molecule has 0 saturated carbocycles. The third-order valence-corrected chi connectivity index (χ3v) is 6.55. The smallest absolute Gasteiger partial charge is 0.262 e. The third-order valence-electron chi connectivity index (χ3n) is 2.90. The SMILES string of the molecule is CCC(CC)(NC(=O)c1cc(Br)c(Br)s1)C(N)=S. The van der Waals surface area contributed by atoms with Gasteiger partial charge < -0.3 is 11.1 Å². The molecule has 1 amide bonds. The lowest BCUT2D eigenvalue weighted by Gasteiger charge is -2.31. The lowest BCUT2D eigenvalue weighted by Crippen LogP contribution is -2.55. The molecule has 0 atom stereocenters. The minimum Gasteiger partial charge on any atom is -0.391 e. The molecule has 0 aliphatic rings. The van der Waals surface area contributed by atoms with Crippen LogP contribution in [0.1, 0.15) is 36.4 Å². The van der Waals surface area contributed by atoms with E-state index in [1.165, 1.54) is 11.3 Å². The quantitative estimate of drug-likeness (QED) is 0.720. The second kappa shape index (κ2) is 6.45. The molecular formula is C11H14Br2N2OS2. The molecule has 3 nitrogen and oxygen atoms in total. The van der Waals surface area contributed by atoms with E-state index in [9.17, 15) is 4.79 Å². The van der Waals surface area contributed by atoms with Crippen LogP contribution in [0.5, 0.6) is 0 Å². The minimum absolute atomic E-state index is 0.150. The molecule has 1 heterocycles. The van der Waals surface area contributed by atoms with Crippen molar-refractivity contribution in [2.24, 2.45) is 5.73 Å². The van der Waals surface area contributed by atoms with E-state index in [1.807, 2.05) is 13.8 Å². The Morgan fingerprint density at radius 3 is 2.39 bits per heavy atom. The molecule has 0 aliphatic carbocycles. The Morgan fingerprint density at radius 1 is 1.50 bits per heavy atom. The standard InChI is InChI=1S/C11H14Br2N2OS2/c1-3-11(4-2,10(14)17)15-9(16)7-5-6(12)8(13)18-7/h5H,3-4H2,1-2H3,(H2,14,17)(H,15,16). The zero-order valence-corrected chi connectivity index (χ0v) is 14.9. The summed E-state index contributed by atoms with van der Waals surface area (Å²) in [5.41, 5.74) is 5.15. The van der Waals surface area contributed by atoms with Crippen LogP contribution >= 0.6 is 55.4 Å². The van der Waals surface area contributed by atoms with Crippen LogP contribution in [-0.4, -0.2) is 16.4 Å². The van der Waals surface area contributed by atoms with Gasteiger partial charge in [-0.3, -0.25) is 4.79 Å². The average Bonchev–Trinajstić information content (AvgIpc) is 2.66. The van der Waals surface area contributed by atoms with Gasteiger partial charge in [-0.15, -0.1) is 11.3 Å². The van der Waals surface area contributed by atoms with Gasteiger partial charge in [-0.2, -0.15) is 0 Å². The van der Waals surface area contributed by atoms with Crippen molar-refractivity contribution in [2.75, 3.05) is 0 Å². The Labute approximate surface area is 133 Å². The van der Waals surface area contributed by atoms with Crippen molar-refractivity contribution in [2.45, 2.75) is 32.2 Å². The fourth-order valence-electron chi connectivity index (χ4n) is 1.57. The number of hydrogen-bond donors (Lipinski definition) is 2. The van der Waals surface area contributed by atoms with E-state index in [4.69, 9.17) is 18.0 Å².